The smallest absolute Gasteiger partial charge is 0.258 e. The Kier molecular flexibility index (Phi) is 4.21. The molecule has 0 saturated heterocycles. The van der Waals surface area contributed by atoms with Crippen LogP contribution >= 0.6 is 11.8 Å². The third-order valence-electron chi connectivity index (χ3n) is 2.74. The maximum Gasteiger partial charge on any atom is 0.258 e. The maximum absolute atomic E-state index is 11.9. The van der Waals surface area contributed by atoms with Crippen molar-refractivity contribution in [1.82, 2.24) is 14.9 Å². The van der Waals surface area contributed by atoms with Crippen LogP contribution in [0.1, 0.15) is 5.82 Å². The van der Waals surface area contributed by atoms with Crippen molar-refractivity contribution in [1.29, 1.82) is 0 Å². The second-order valence-corrected chi connectivity index (χ2v) is 5.08. The Morgan fingerprint density at radius 1 is 1.42 bits per heavy atom. The van der Waals surface area contributed by atoms with Crippen LogP contribution in [0.25, 0.3) is 10.9 Å². The predicted octanol–water partition coefficient (Wildman–Crippen LogP) is 1.24. The fourth-order valence-corrected chi connectivity index (χ4v) is 2.22. The van der Waals surface area contributed by atoms with E-state index >= 15 is 0 Å². The molecule has 5 nitrogen and oxygen atoms in total. The summed E-state index contributed by atoms with van der Waals surface area (Å²) in [7, 11) is 1.70. The van der Waals surface area contributed by atoms with Gasteiger partial charge in [-0.3, -0.25) is 9.59 Å². The molecule has 0 spiro atoms. The van der Waals surface area contributed by atoms with Crippen LogP contribution < -0.4 is 5.56 Å². The molecule has 6 heteroatoms. The van der Waals surface area contributed by atoms with E-state index in [1.54, 1.807) is 30.1 Å². The van der Waals surface area contributed by atoms with Crippen LogP contribution in [-0.2, 0) is 11.3 Å². The molecule has 100 valence electrons. The number of nitrogens with one attached hydrogen (secondary N) is 1. The van der Waals surface area contributed by atoms with Crippen molar-refractivity contribution in [2.45, 2.75) is 6.54 Å². The molecule has 1 heterocycles. The Balaban J connectivity index is 2.26. The molecular formula is C13H15N3O2S. The molecule has 1 amide bonds. The number of carbonyl (C=O) groups is 1. The lowest BCUT2D eigenvalue weighted by atomic mass is 10.2. The minimum Gasteiger partial charge on any atom is -0.338 e. The number of hydrogen-bond acceptors (Lipinski definition) is 4. The fraction of sp³-hybridized carbons (Fsp3) is 0.308. The van der Waals surface area contributed by atoms with E-state index in [0.29, 0.717) is 29.0 Å². The van der Waals surface area contributed by atoms with Crippen LogP contribution in [0, 0.1) is 0 Å². The first-order valence-electron chi connectivity index (χ1n) is 5.82. The molecule has 0 bridgehead atoms. The van der Waals surface area contributed by atoms with Crippen LogP contribution in [0.15, 0.2) is 29.1 Å². The van der Waals surface area contributed by atoms with Gasteiger partial charge in [0.05, 0.1) is 23.2 Å². The number of para-hydroxylation sites is 1. The molecule has 0 aliphatic rings. The first-order valence-corrected chi connectivity index (χ1v) is 7.22. The molecule has 0 saturated carbocycles. The van der Waals surface area contributed by atoms with Crippen LogP contribution in [0.2, 0.25) is 0 Å². The SMILES string of the molecule is CSCC(=O)N(C)Cc1nc2ccccc2c(=O)[nH]1. The average Bonchev–Trinajstić information content (AvgIpc) is 2.39. The third kappa shape index (κ3) is 3.14. The van der Waals surface area contributed by atoms with E-state index in [9.17, 15) is 9.59 Å². The summed E-state index contributed by atoms with van der Waals surface area (Å²) in [6.45, 7) is 0.305. The molecule has 0 aliphatic carbocycles. The van der Waals surface area contributed by atoms with Gasteiger partial charge >= 0.3 is 0 Å². The summed E-state index contributed by atoms with van der Waals surface area (Å²) in [5.74, 6) is 0.942. The van der Waals surface area contributed by atoms with E-state index in [-0.39, 0.29) is 11.5 Å². The van der Waals surface area contributed by atoms with E-state index in [1.165, 1.54) is 11.8 Å². The molecule has 19 heavy (non-hydrogen) atoms. The third-order valence-corrected chi connectivity index (χ3v) is 3.28. The number of aromatic nitrogens is 2. The molecule has 2 rings (SSSR count). The van der Waals surface area contributed by atoms with Gasteiger partial charge in [-0.1, -0.05) is 12.1 Å². The normalized spacial score (nSPS) is 10.6. The van der Waals surface area contributed by atoms with Gasteiger partial charge in [0.1, 0.15) is 5.82 Å². The Morgan fingerprint density at radius 2 is 2.16 bits per heavy atom. The van der Waals surface area contributed by atoms with Crippen molar-refractivity contribution in [3.63, 3.8) is 0 Å². The summed E-state index contributed by atoms with van der Waals surface area (Å²) in [5, 5.41) is 0.560. The second-order valence-electron chi connectivity index (χ2n) is 4.21. The van der Waals surface area contributed by atoms with Crippen molar-refractivity contribution in [3.8, 4) is 0 Å². The largest absolute Gasteiger partial charge is 0.338 e. The zero-order chi connectivity index (χ0) is 13.8. The highest BCUT2D eigenvalue weighted by atomic mass is 32.2. The monoisotopic (exact) mass is 277 g/mol. The molecule has 0 radical (unpaired) electrons. The highest BCUT2D eigenvalue weighted by Crippen LogP contribution is 2.07. The van der Waals surface area contributed by atoms with Crippen molar-refractivity contribution >= 4 is 28.6 Å². The van der Waals surface area contributed by atoms with Gasteiger partial charge in [-0.2, -0.15) is 11.8 Å². The average molecular weight is 277 g/mol. The quantitative estimate of drug-likeness (QED) is 0.913. The summed E-state index contributed by atoms with van der Waals surface area (Å²) < 4.78 is 0. The number of fused-ring (bicyclic) bond motifs is 1. The Morgan fingerprint density at radius 3 is 2.89 bits per heavy atom. The Labute approximate surface area is 115 Å². The lowest BCUT2D eigenvalue weighted by Crippen LogP contribution is -2.29. The van der Waals surface area contributed by atoms with Crippen molar-refractivity contribution in [3.05, 3.63) is 40.4 Å². The minimum atomic E-state index is -0.175. The van der Waals surface area contributed by atoms with Crippen LogP contribution in [0.4, 0.5) is 0 Å². The van der Waals surface area contributed by atoms with E-state index < -0.39 is 0 Å². The van der Waals surface area contributed by atoms with Crippen LogP contribution in [0.3, 0.4) is 0 Å². The van der Waals surface area contributed by atoms with E-state index in [2.05, 4.69) is 9.97 Å². The number of H-pyrrole nitrogens is 1. The highest BCUT2D eigenvalue weighted by molar-refractivity contribution is 7.99. The molecule has 2 aromatic rings. The summed E-state index contributed by atoms with van der Waals surface area (Å²) in [5.41, 5.74) is 0.471. The molecule has 1 aromatic heterocycles. The predicted molar refractivity (Wildman–Crippen MR) is 77.2 cm³/mol. The van der Waals surface area contributed by atoms with Crippen LogP contribution in [0.5, 0.6) is 0 Å². The van der Waals surface area contributed by atoms with Gasteiger partial charge < -0.3 is 9.88 Å². The van der Waals surface area contributed by atoms with Crippen molar-refractivity contribution in [2.24, 2.45) is 0 Å². The van der Waals surface area contributed by atoms with E-state index in [4.69, 9.17) is 0 Å². The minimum absolute atomic E-state index is 0.0170. The number of amides is 1. The standard InChI is InChI=1S/C13H15N3O2S/c1-16(12(17)8-19-2)7-11-14-10-6-4-3-5-9(10)13(18)15-11/h3-6H,7-8H2,1-2H3,(H,14,15,18). The van der Waals surface area contributed by atoms with Gasteiger partial charge in [-0.05, 0) is 18.4 Å². The van der Waals surface area contributed by atoms with Gasteiger partial charge in [0, 0.05) is 7.05 Å². The number of rotatable bonds is 4. The Hall–Kier alpha value is -1.82. The number of nitrogens with zero attached hydrogens (tertiary/aromatic N) is 2. The van der Waals surface area contributed by atoms with Gasteiger partial charge in [0.25, 0.3) is 5.56 Å². The molecule has 0 unspecified atom stereocenters. The lowest BCUT2D eigenvalue weighted by Gasteiger charge is -2.15. The van der Waals surface area contributed by atoms with Crippen LogP contribution in [-0.4, -0.2) is 39.8 Å². The highest BCUT2D eigenvalue weighted by Gasteiger charge is 2.10. The maximum atomic E-state index is 11.9. The number of thioether (sulfide) groups is 1. The van der Waals surface area contributed by atoms with Crippen molar-refractivity contribution in [2.75, 3.05) is 19.1 Å². The number of hydrogen-bond donors (Lipinski definition) is 1. The number of benzene rings is 1. The topological polar surface area (TPSA) is 66.1 Å². The Bertz CT molecular complexity index is 654. The van der Waals surface area contributed by atoms with Gasteiger partial charge in [0.2, 0.25) is 5.91 Å². The van der Waals surface area contributed by atoms with Gasteiger partial charge in [0.15, 0.2) is 0 Å². The number of carbonyl (C=O) groups excluding carboxylic acids is 1. The summed E-state index contributed by atoms with van der Waals surface area (Å²) in [4.78, 5) is 32.2. The van der Waals surface area contributed by atoms with E-state index in [1.807, 2.05) is 12.3 Å². The van der Waals surface area contributed by atoms with Gasteiger partial charge in [-0.25, -0.2) is 4.98 Å². The molecule has 1 N–H and O–H groups in total. The zero-order valence-electron chi connectivity index (χ0n) is 10.8. The first kappa shape index (κ1) is 13.6. The fourth-order valence-electron chi connectivity index (χ4n) is 1.76. The lowest BCUT2D eigenvalue weighted by molar-refractivity contribution is -0.127. The molecule has 1 aromatic carbocycles. The second kappa shape index (κ2) is 5.88. The molecule has 0 aliphatic heterocycles. The van der Waals surface area contributed by atoms with Gasteiger partial charge in [-0.15, -0.1) is 0 Å². The summed E-state index contributed by atoms with van der Waals surface area (Å²) in [6, 6.07) is 7.15. The number of aromatic amines is 1. The van der Waals surface area contributed by atoms with E-state index in [0.717, 1.165) is 0 Å². The molecular weight excluding hydrogens is 262 g/mol. The first-order chi connectivity index (χ1) is 9.11. The zero-order valence-corrected chi connectivity index (χ0v) is 11.7. The summed E-state index contributed by atoms with van der Waals surface area (Å²) >= 11 is 1.47. The molecule has 0 atom stereocenters. The summed E-state index contributed by atoms with van der Waals surface area (Å²) in [6.07, 6.45) is 1.88. The molecule has 0 fully saturated rings. The van der Waals surface area contributed by atoms with Crippen molar-refractivity contribution < 1.29 is 4.79 Å².